The Balaban J connectivity index is 2.02. The van der Waals surface area contributed by atoms with Crippen molar-refractivity contribution in [2.45, 2.75) is 0 Å². The summed E-state index contributed by atoms with van der Waals surface area (Å²) in [4.78, 5) is 12.1. The van der Waals surface area contributed by atoms with Crippen molar-refractivity contribution < 1.29 is 4.52 Å². The van der Waals surface area contributed by atoms with Crippen LogP contribution < -0.4 is 0 Å². The molecule has 0 atom stereocenters. The van der Waals surface area contributed by atoms with Crippen molar-refractivity contribution in [2.75, 3.05) is 0 Å². The highest BCUT2D eigenvalue weighted by atomic mass is 32.1. The predicted octanol–water partition coefficient (Wildman–Crippen LogP) is 1.11. The van der Waals surface area contributed by atoms with Gasteiger partial charge in [0.1, 0.15) is 5.51 Å². The molecule has 0 radical (unpaired) electrons. The second kappa shape index (κ2) is 3.44. The lowest BCUT2D eigenvalue weighted by atomic mass is 10.6. The average molecular weight is 238 g/mol. The first kappa shape index (κ1) is 8.56. The molecule has 7 nitrogen and oxygen atoms in total. The SMILES string of the molecule is c1noc(-c2nc(-c3ncsn3)ns2)n1. The standard InChI is InChI=1S/C6H2N6OS2/c1-7-5(13-9-1)6-10-4(12-15-6)3-8-2-14-11-3/h1-2H. The number of aromatic nitrogens is 6. The van der Waals surface area contributed by atoms with Crippen LogP contribution in [0.2, 0.25) is 0 Å². The molecule has 3 aromatic heterocycles. The molecular weight excluding hydrogens is 236 g/mol. The first-order chi connectivity index (χ1) is 7.43. The summed E-state index contributed by atoms with van der Waals surface area (Å²) in [5.74, 6) is 1.35. The maximum Gasteiger partial charge on any atom is 0.288 e. The lowest BCUT2D eigenvalue weighted by molar-refractivity contribution is 0.430. The third kappa shape index (κ3) is 1.51. The second-order valence-corrected chi connectivity index (χ2v) is 3.78. The normalized spacial score (nSPS) is 10.7. The Hall–Kier alpha value is -1.74. The van der Waals surface area contributed by atoms with Gasteiger partial charge in [-0.15, -0.1) is 0 Å². The van der Waals surface area contributed by atoms with E-state index in [0.717, 1.165) is 0 Å². The third-order valence-electron chi connectivity index (χ3n) is 1.53. The fraction of sp³-hybridized carbons (Fsp3) is 0. The van der Waals surface area contributed by atoms with Crippen molar-refractivity contribution in [3.8, 4) is 22.5 Å². The van der Waals surface area contributed by atoms with Crippen molar-refractivity contribution in [3.05, 3.63) is 11.8 Å². The van der Waals surface area contributed by atoms with Crippen molar-refractivity contribution in [1.29, 1.82) is 0 Å². The number of nitrogens with zero attached hydrogens (tertiary/aromatic N) is 6. The first-order valence-corrected chi connectivity index (χ1v) is 5.42. The minimum absolute atomic E-state index is 0.356. The summed E-state index contributed by atoms with van der Waals surface area (Å²) in [5.41, 5.74) is 1.63. The molecule has 0 aliphatic rings. The van der Waals surface area contributed by atoms with Gasteiger partial charge in [0.15, 0.2) is 6.33 Å². The molecule has 0 aromatic carbocycles. The van der Waals surface area contributed by atoms with Crippen molar-refractivity contribution in [2.24, 2.45) is 0 Å². The zero-order valence-electron chi connectivity index (χ0n) is 7.06. The van der Waals surface area contributed by atoms with Gasteiger partial charge in [0.05, 0.1) is 0 Å². The Morgan fingerprint density at radius 3 is 2.87 bits per heavy atom. The van der Waals surface area contributed by atoms with Crippen LogP contribution in [-0.4, -0.2) is 28.9 Å². The molecule has 0 saturated carbocycles. The van der Waals surface area contributed by atoms with E-state index >= 15 is 0 Å². The molecule has 0 aliphatic heterocycles. The summed E-state index contributed by atoms with van der Waals surface area (Å²) in [6, 6.07) is 0. The van der Waals surface area contributed by atoms with Crippen molar-refractivity contribution in [3.63, 3.8) is 0 Å². The molecule has 9 heteroatoms. The van der Waals surface area contributed by atoms with Crippen LogP contribution in [-0.2, 0) is 0 Å². The number of rotatable bonds is 2. The molecule has 0 N–H and O–H groups in total. The molecule has 0 spiro atoms. The monoisotopic (exact) mass is 238 g/mol. The molecule has 0 bridgehead atoms. The van der Waals surface area contributed by atoms with Crippen LogP contribution >= 0.6 is 23.1 Å². The average Bonchev–Trinajstić information content (AvgIpc) is 3.02. The van der Waals surface area contributed by atoms with Gasteiger partial charge in [0, 0.05) is 0 Å². The molecular formula is C6H2N6OS2. The highest BCUT2D eigenvalue weighted by Gasteiger charge is 2.14. The van der Waals surface area contributed by atoms with Gasteiger partial charge in [0.2, 0.25) is 16.7 Å². The van der Waals surface area contributed by atoms with E-state index in [9.17, 15) is 0 Å². The van der Waals surface area contributed by atoms with Crippen LogP contribution in [0.5, 0.6) is 0 Å². The van der Waals surface area contributed by atoms with Gasteiger partial charge in [-0.25, -0.2) is 9.97 Å². The molecule has 0 saturated heterocycles. The smallest absolute Gasteiger partial charge is 0.288 e. The lowest BCUT2D eigenvalue weighted by Crippen LogP contribution is -1.82. The summed E-state index contributed by atoms with van der Waals surface area (Å²) in [6.07, 6.45) is 1.32. The Kier molecular flexibility index (Phi) is 1.96. The van der Waals surface area contributed by atoms with Gasteiger partial charge in [-0.05, 0) is 23.1 Å². The van der Waals surface area contributed by atoms with E-state index in [1.54, 1.807) is 5.51 Å². The molecule has 15 heavy (non-hydrogen) atoms. The molecule has 0 amide bonds. The van der Waals surface area contributed by atoms with Crippen LogP contribution in [0.25, 0.3) is 22.5 Å². The molecule has 74 valence electrons. The summed E-state index contributed by atoms with van der Waals surface area (Å²) in [7, 11) is 0. The second-order valence-electron chi connectivity index (χ2n) is 2.42. The van der Waals surface area contributed by atoms with E-state index in [-0.39, 0.29) is 0 Å². The highest BCUT2D eigenvalue weighted by Crippen LogP contribution is 2.22. The lowest BCUT2D eigenvalue weighted by Gasteiger charge is -1.82. The molecule has 3 rings (SSSR count). The minimum atomic E-state index is 0.356. The summed E-state index contributed by atoms with van der Waals surface area (Å²) in [6.45, 7) is 0. The summed E-state index contributed by atoms with van der Waals surface area (Å²) in [5, 5.41) is 4.06. The Labute approximate surface area is 91.2 Å². The van der Waals surface area contributed by atoms with E-state index < -0.39 is 0 Å². The van der Waals surface area contributed by atoms with E-state index in [4.69, 9.17) is 4.52 Å². The highest BCUT2D eigenvalue weighted by molar-refractivity contribution is 7.09. The predicted molar refractivity (Wildman–Crippen MR) is 52.1 cm³/mol. The van der Waals surface area contributed by atoms with Gasteiger partial charge >= 0.3 is 0 Å². The molecule has 0 fully saturated rings. The van der Waals surface area contributed by atoms with Gasteiger partial charge in [-0.3, -0.25) is 0 Å². The topological polar surface area (TPSA) is 90.5 Å². The van der Waals surface area contributed by atoms with Gasteiger partial charge in [-0.1, -0.05) is 5.16 Å². The third-order valence-corrected chi connectivity index (χ3v) is 2.71. The Bertz CT molecular complexity index is 495. The van der Waals surface area contributed by atoms with E-state index in [2.05, 4.69) is 28.9 Å². The van der Waals surface area contributed by atoms with Crippen LogP contribution in [0.15, 0.2) is 16.4 Å². The van der Waals surface area contributed by atoms with E-state index in [0.29, 0.717) is 22.5 Å². The van der Waals surface area contributed by atoms with E-state index in [1.165, 1.54) is 29.4 Å². The van der Waals surface area contributed by atoms with Crippen LogP contribution in [0.1, 0.15) is 0 Å². The van der Waals surface area contributed by atoms with Gasteiger partial charge in [-0.2, -0.15) is 13.7 Å². The maximum atomic E-state index is 4.86. The zero-order chi connectivity index (χ0) is 10.1. The molecule has 0 unspecified atom stereocenters. The number of hydrogen-bond acceptors (Lipinski definition) is 9. The number of hydrogen-bond donors (Lipinski definition) is 0. The Morgan fingerprint density at radius 2 is 2.13 bits per heavy atom. The largest absolute Gasteiger partial charge is 0.332 e. The van der Waals surface area contributed by atoms with Crippen LogP contribution in [0.4, 0.5) is 0 Å². The van der Waals surface area contributed by atoms with Crippen molar-refractivity contribution in [1.82, 2.24) is 28.9 Å². The van der Waals surface area contributed by atoms with Gasteiger partial charge < -0.3 is 4.52 Å². The molecule has 3 aromatic rings. The minimum Gasteiger partial charge on any atom is -0.332 e. The van der Waals surface area contributed by atoms with E-state index in [1.807, 2.05) is 0 Å². The maximum absolute atomic E-state index is 4.86. The molecule has 0 aliphatic carbocycles. The first-order valence-electron chi connectivity index (χ1n) is 3.81. The van der Waals surface area contributed by atoms with Crippen LogP contribution in [0, 0.1) is 0 Å². The fourth-order valence-electron chi connectivity index (χ4n) is 0.938. The van der Waals surface area contributed by atoms with Gasteiger partial charge in [0.25, 0.3) is 5.89 Å². The van der Waals surface area contributed by atoms with Crippen molar-refractivity contribution >= 4 is 23.1 Å². The quantitative estimate of drug-likeness (QED) is 0.660. The molecule has 3 heterocycles. The Morgan fingerprint density at radius 1 is 1.13 bits per heavy atom. The fourth-order valence-corrected chi connectivity index (χ4v) is 1.95. The summed E-state index contributed by atoms with van der Waals surface area (Å²) < 4.78 is 13.0. The summed E-state index contributed by atoms with van der Waals surface area (Å²) >= 11 is 2.43. The van der Waals surface area contributed by atoms with Crippen LogP contribution in [0.3, 0.4) is 0 Å². The zero-order valence-corrected chi connectivity index (χ0v) is 8.70.